The van der Waals surface area contributed by atoms with Gasteiger partial charge < -0.3 is 15.2 Å². The molecular formula is C11H19NO2. The molecule has 2 N–H and O–H groups in total. The minimum absolute atomic E-state index is 0.220. The Bertz CT molecular complexity index is 214. The molecule has 0 aliphatic rings. The van der Waals surface area contributed by atoms with Gasteiger partial charge in [0, 0.05) is 13.7 Å². The van der Waals surface area contributed by atoms with Gasteiger partial charge >= 0.3 is 0 Å². The van der Waals surface area contributed by atoms with Crippen molar-refractivity contribution in [2.24, 2.45) is 0 Å². The number of likely N-dealkylation sites (N-methyl/N-ethyl adjacent to an activating group) is 1. The first kappa shape index (κ1) is 12.9. The molecule has 1 atom stereocenters. The van der Waals surface area contributed by atoms with Crippen molar-refractivity contribution >= 4 is 0 Å². The number of aliphatic hydroxyl groups excluding tert-OH is 1. The molecule has 0 amide bonds. The van der Waals surface area contributed by atoms with E-state index in [0.717, 1.165) is 19.4 Å². The number of nitrogens with one attached hydrogen (secondary N) is 1. The third-order valence-electron chi connectivity index (χ3n) is 1.57. The zero-order valence-corrected chi connectivity index (χ0v) is 9.03. The first-order valence-electron chi connectivity index (χ1n) is 4.64. The van der Waals surface area contributed by atoms with Crippen molar-refractivity contribution < 1.29 is 9.84 Å². The first-order valence-corrected chi connectivity index (χ1v) is 4.64. The molecule has 0 aliphatic heterocycles. The molecule has 0 aromatic heterocycles. The fourth-order valence-electron chi connectivity index (χ4n) is 1.06. The molecule has 1 rings (SSSR count). The molecule has 0 fully saturated rings. The molecule has 0 aliphatic carbocycles. The summed E-state index contributed by atoms with van der Waals surface area (Å²) in [6.45, 7) is 2.92. The summed E-state index contributed by atoms with van der Waals surface area (Å²) < 4.78 is 5.59. The Morgan fingerprint density at radius 3 is 2.36 bits per heavy atom. The zero-order chi connectivity index (χ0) is 10.8. The summed E-state index contributed by atoms with van der Waals surface area (Å²) in [6.07, 6.45) is 0.220. The van der Waals surface area contributed by atoms with Crippen LogP contribution in [0.4, 0.5) is 0 Å². The average molecular weight is 197 g/mol. The number of hydrogen-bond donors (Lipinski definition) is 2. The maximum atomic E-state index is 7.00. The normalized spacial score (nSPS) is 11.1. The third-order valence-corrected chi connectivity index (χ3v) is 1.57. The SMILES string of the molecule is CNCC(C)Oc1ccccc1.CO. The van der Waals surface area contributed by atoms with Crippen LogP contribution in [0, 0.1) is 0 Å². The molecule has 3 heteroatoms. The largest absolute Gasteiger partial charge is 0.489 e. The van der Waals surface area contributed by atoms with Gasteiger partial charge in [-0.2, -0.15) is 0 Å². The molecule has 3 nitrogen and oxygen atoms in total. The number of rotatable bonds is 4. The van der Waals surface area contributed by atoms with E-state index in [1.165, 1.54) is 0 Å². The van der Waals surface area contributed by atoms with E-state index in [2.05, 4.69) is 5.32 Å². The minimum atomic E-state index is 0.220. The Kier molecular flexibility index (Phi) is 7.89. The van der Waals surface area contributed by atoms with Crippen molar-refractivity contribution in [3.8, 4) is 5.75 Å². The predicted molar refractivity (Wildman–Crippen MR) is 58.6 cm³/mol. The lowest BCUT2D eigenvalue weighted by Gasteiger charge is -2.13. The Morgan fingerprint density at radius 1 is 1.29 bits per heavy atom. The molecule has 1 aromatic carbocycles. The summed E-state index contributed by atoms with van der Waals surface area (Å²) in [5.41, 5.74) is 0. The van der Waals surface area contributed by atoms with Crippen LogP contribution in [-0.2, 0) is 0 Å². The van der Waals surface area contributed by atoms with Gasteiger partial charge in [-0.25, -0.2) is 0 Å². The molecule has 0 saturated heterocycles. The molecule has 0 heterocycles. The van der Waals surface area contributed by atoms with Crippen molar-refractivity contribution in [2.45, 2.75) is 13.0 Å². The number of ether oxygens (including phenoxy) is 1. The fraction of sp³-hybridized carbons (Fsp3) is 0.455. The van der Waals surface area contributed by atoms with Gasteiger partial charge in [-0.3, -0.25) is 0 Å². The van der Waals surface area contributed by atoms with Crippen LogP contribution in [0.3, 0.4) is 0 Å². The Balaban J connectivity index is 0.000000791. The average Bonchev–Trinajstić information content (AvgIpc) is 2.22. The molecular weight excluding hydrogens is 178 g/mol. The van der Waals surface area contributed by atoms with Crippen LogP contribution in [0.15, 0.2) is 30.3 Å². The molecule has 80 valence electrons. The molecule has 1 aromatic rings. The van der Waals surface area contributed by atoms with E-state index < -0.39 is 0 Å². The van der Waals surface area contributed by atoms with E-state index in [9.17, 15) is 0 Å². The summed E-state index contributed by atoms with van der Waals surface area (Å²) >= 11 is 0. The van der Waals surface area contributed by atoms with E-state index in [0.29, 0.717) is 0 Å². The van der Waals surface area contributed by atoms with Gasteiger partial charge in [0.15, 0.2) is 0 Å². The highest BCUT2D eigenvalue weighted by atomic mass is 16.5. The summed E-state index contributed by atoms with van der Waals surface area (Å²) in [5, 5.41) is 10.1. The van der Waals surface area contributed by atoms with Crippen LogP contribution in [0.2, 0.25) is 0 Å². The molecule has 0 radical (unpaired) electrons. The molecule has 0 saturated carbocycles. The second-order valence-corrected chi connectivity index (χ2v) is 2.80. The molecule has 0 bridgehead atoms. The van der Waals surface area contributed by atoms with E-state index >= 15 is 0 Å². The zero-order valence-electron chi connectivity index (χ0n) is 9.03. The standard InChI is InChI=1S/C10H15NO.CH4O/c1-9(8-11-2)12-10-6-4-3-5-7-10;1-2/h3-7,9,11H,8H2,1-2H3;2H,1H3. The maximum absolute atomic E-state index is 7.00. The second-order valence-electron chi connectivity index (χ2n) is 2.80. The Hall–Kier alpha value is -1.06. The van der Waals surface area contributed by atoms with Crippen molar-refractivity contribution in [2.75, 3.05) is 20.7 Å². The summed E-state index contributed by atoms with van der Waals surface area (Å²) in [4.78, 5) is 0. The number of hydrogen-bond acceptors (Lipinski definition) is 3. The lowest BCUT2D eigenvalue weighted by atomic mass is 10.3. The second kappa shape index (κ2) is 8.53. The van der Waals surface area contributed by atoms with E-state index in [1.54, 1.807) is 0 Å². The predicted octanol–water partition coefficient (Wildman–Crippen LogP) is 1.28. The van der Waals surface area contributed by atoms with Gasteiger partial charge in [-0.05, 0) is 26.1 Å². The topological polar surface area (TPSA) is 41.5 Å². The highest BCUT2D eigenvalue weighted by Crippen LogP contribution is 2.09. The van der Waals surface area contributed by atoms with E-state index in [-0.39, 0.29) is 6.10 Å². The monoisotopic (exact) mass is 197 g/mol. The first-order chi connectivity index (χ1) is 6.83. The maximum Gasteiger partial charge on any atom is 0.119 e. The number of benzene rings is 1. The van der Waals surface area contributed by atoms with Crippen LogP contribution < -0.4 is 10.1 Å². The van der Waals surface area contributed by atoms with Crippen molar-refractivity contribution in [3.63, 3.8) is 0 Å². The smallest absolute Gasteiger partial charge is 0.119 e. The van der Waals surface area contributed by atoms with Crippen molar-refractivity contribution in [1.82, 2.24) is 5.32 Å². The lowest BCUT2D eigenvalue weighted by molar-refractivity contribution is 0.220. The van der Waals surface area contributed by atoms with Gasteiger partial charge in [0.05, 0.1) is 0 Å². The molecule has 1 unspecified atom stereocenters. The summed E-state index contributed by atoms with van der Waals surface area (Å²) in [7, 11) is 2.92. The van der Waals surface area contributed by atoms with Gasteiger partial charge in [-0.1, -0.05) is 18.2 Å². The summed E-state index contributed by atoms with van der Waals surface area (Å²) in [5.74, 6) is 0.931. The third kappa shape index (κ3) is 5.56. The number of para-hydroxylation sites is 1. The van der Waals surface area contributed by atoms with Gasteiger partial charge in [0.25, 0.3) is 0 Å². The van der Waals surface area contributed by atoms with Crippen LogP contribution in [0.25, 0.3) is 0 Å². The fourth-order valence-corrected chi connectivity index (χ4v) is 1.06. The quantitative estimate of drug-likeness (QED) is 0.764. The molecule has 0 spiro atoms. The van der Waals surface area contributed by atoms with E-state index in [1.807, 2.05) is 44.3 Å². The highest BCUT2D eigenvalue weighted by molar-refractivity contribution is 5.21. The van der Waals surface area contributed by atoms with Crippen molar-refractivity contribution in [3.05, 3.63) is 30.3 Å². The minimum Gasteiger partial charge on any atom is -0.489 e. The highest BCUT2D eigenvalue weighted by Gasteiger charge is 2.00. The number of aliphatic hydroxyl groups is 1. The Morgan fingerprint density at radius 2 is 1.86 bits per heavy atom. The Labute approximate surface area is 85.7 Å². The van der Waals surface area contributed by atoms with Crippen molar-refractivity contribution in [1.29, 1.82) is 0 Å². The van der Waals surface area contributed by atoms with Gasteiger partial charge in [0.1, 0.15) is 11.9 Å². The lowest BCUT2D eigenvalue weighted by Crippen LogP contribution is -2.25. The van der Waals surface area contributed by atoms with Crippen LogP contribution in [0.1, 0.15) is 6.92 Å². The van der Waals surface area contributed by atoms with Crippen LogP contribution in [0.5, 0.6) is 5.75 Å². The van der Waals surface area contributed by atoms with Gasteiger partial charge in [-0.15, -0.1) is 0 Å². The van der Waals surface area contributed by atoms with Crippen LogP contribution in [-0.4, -0.2) is 31.9 Å². The molecule has 14 heavy (non-hydrogen) atoms. The van der Waals surface area contributed by atoms with E-state index in [4.69, 9.17) is 9.84 Å². The van der Waals surface area contributed by atoms with Gasteiger partial charge in [0.2, 0.25) is 0 Å². The summed E-state index contributed by atoms with van der Waals surface area (Å²) in [6, 6.07) is 9.86. The van der Waals surface area contributed by atoms with Crippen LogP contribution >= 0.6 is 0 Å².